The SMILES string of the molecule is Cc1cc(CN)cc(N(C)c2ccccc2C)n1. The lowest BCUT2D eigenvalue weighted by molar-refractivity contribution is 1.02. The van der Waals surface area contributed by atoms with Gasteiger partial charge in [0.15, 0.2) is 0 Å². The molecular formula is C15H19N3. The van der Waals surface area contributed by atoms with Crippen molar-refractivity contribution in [2.24, 2.45) is 5.73 Å². The maximum Gasteiger partial charge on any atom is 0.133 e. The Morgan fingerprint density at radius 3 is 2.56 bits per heavy atom. The summed E-state index contributed by atoms with van der Waals surface area (Å²) in [6.07, 6.45) is 0. The van der Waals surface area contributed by atoms with E-state index >= 15 is 0 Å². The third-order valence-electron chi connectivity index (χ3n) is 3.06. The number of para-hydroxylation sites is 1. The van der Waals surface area contributed by atoms with Gasteiger partial charge in [-0.2, -0.15) is 0 Å². The van der Waals surface area contributed by atoms with E-state index in [4.69, 9.17) is 5.73 Å². The van der Waals surface area contributed by atoms with Gasteiger partial charge in [-0.1, -0.05) is 18.2 Å². The quantitative estimate of drug-likeness (QED) is 0.898. The molecule has 0 radical (unpaired) electrons. The lowest BCUT2D eigenvalue weighted by Gasteiger charge is -2.21. The second kappa shape index (κ2) is 5.19. The molecule has 0 aliphatic heterocycles. The van der Waals surface area contributed by atoms with Gasteiger partial charge in [-0.25, -0.2) is 4.98 Å². The molecule has 0 amide bonds. The smallest absolute Gasteiger partial charge is 0.133 e. The Bertz CT molecular complexity index is 549. The monoisotopic (exact) mass is 241 g/mol. The molecule has 1 aromatic carbocycles. The van der Waals surface area contributed by atoms with Crippen LogP contribution < -0.4 is 10.6 Å². The van der Waals surface area contributed by atoms with Crippen molar-refractivity contribution >= 4 is 11.5 Å². The molecule has 3 nitrogen and oxygen atoms in total. The van der Waals surface area contributed by atoms with E-state index in [-0.39, 0.29) is 0 Å². The van der Waals surface area contributed by atoms with Crippen molar-refractivity contribution in [3.8, 4) is 0 Å². The van der Waals surface area contributed by atoms with Crippen molar-refractivity contribution in [3.63, 3.8) is 0 Å². The van der Waals surface area contributed by atoms with Crippen LogP contribution in [0.1, 0.15) is 16.8 Å². The van der Waals surface area contributed by atoms with Crippen molar-refractivity contribution in [1.82, 2.24) is 4.98 Å². The molecule has 0 aliphatic carbocycles. The van der Waals surface area contributed by atoms with Crippen LogP contribution in [0.3, 0.4) is 0 Å². The summed E-state index contributed by atoms with van der Waals surface area (Å²) in [4.78, 5) is 6.67. The Kier molecular flexibility index (Phi) is 3.63. The molecule has 2 N–H and O–H groups in total. The Hall–Kier alpha value is -1.87. The molecule has 2 aromatic rings. The summed E-state index contributed by atoms with van der Waals surface area (Å²) in [5, 5.41) is 0. The molecule has 0 saturated heterocycles. The number of pyridine rings is 1. The second-order valence-electron chi connectivity index (χ2n) is 4.52. The average Bonchev–Trinajstić information content (AvgIpc) is 2.37. The first-order valence-corrected chi connectivity index (χ1v) is 6.09. The number of hydrogen-bond acceptors (Lipinski definition) is 3. The largest absolute Gasteiger partial charge is 0.329 e. The number of aryl methyl sites for hydroxylation is 2. The van der Waals surface area contributed by atoms with E-state index in [0.717, 1.165) is 17.1 Å². The van der Waals surface area contributed by atoms with Gasteiger partial charge in [-0.05, 0) is 43.2 Å². The summed E-state index contributed by atoms with van der Waals surface area (Å²) in [7, 11) is 2.03. The fraction of sp³-hybridized carbons (Fsp3) is 0.267. The van der Waals surface area contributed by atoms with Gasteiger partial charge in [-0.3, -0.25) is 0 Å². The summed E-state index contributed by atoms with van der Waals surface area (Å²) in [6.45, 7) is 4.64. The first-order chi connectivity index (χ1) is 8.61. The molecule has 1 aromatic heterocycles. The highest BCUT2D eigenvalue weighted by atomic mass is 15.2. The number of nitrogens with two attached hydrogens (primary N) is 1. The number of anilines is 2. The molecule has 0 fully saturated rings. The Balaban J connectivity index is 2.43. The predicted octanol–water partition coefficient (Wildman–Crippen LogP) is 2.93. The molecule has 18 heavy (non-hydrogen) atoms. The van der Waals surface area contributed by atoms with E-state index in [1.807, 2.05) is 38.2 Å². The van der Waals surface area contributed by atoms with Crippen molar-refractivity contribution in [2.45, 2.75) is 20.4 Å². The van der Waals surface area contributed by atoms with Gasteiger partial charge < -0.3 is 10.6 Å². The van der Waals surface area contributed by atoms with Crippen LogP contribution in [0.5, 0.6) is 0 Å². The molecule has 0 aliphatic rings. The summed E-state index contributed by atoms with van der Waals surface area (Å²) in [5.41, 5.74) is 10.2. The van der Waals surface area contributed by atoms with Crippen LogP contribution in [-0.4, -0.2) is 12.0 Å². The fourth-order valence-corrected chi connectivity index (χ4v) is 2.07. The Labute approximate surface area is 108 Å². The molecule has 0 saturated carbocycles. The van der Waals surface area contributed by atoms with Crippen LogP contribution in [0.2, 0.25) is 0 Å². The van der Waals surface area contributed by atoms with E-state index < -0.39 is 0 Å². The minimum atomic E-state index is 0.540. The summed E-state index contributed by atoms with van der Waals surface area (Å²) in [5.74, 6) is 0.935. The van der Waals surface area contributed by atoms with Gasteiger partial charge in [0.05, 0.1) is 0 Å². The van der Waals surface area contributed by atoms with E-state index in [0.29, 0.717) is 6.54 Å². The van der Waals surface area contributed by atoms with Crippen LogP contribution >= 0.6 is 0 Å². The standard InChI is InChI=1S/C15H19N3/c1-11-6-4-5-7-14(11)18(3)15-9-13(10-16)8-12(2)17-15/h4-9H,10,16H2,1-3H3. The van der Waals surface area contributed by atoms with Crippen LogP contribution in [0.4, 0.5) is 11.5 Å². The maximum absolute atomic E-state index is 5.71. The molecule has 0 bridgehead atoms. The Morgan fingerprint density at radius 1 is 1.17 bits per heavy atom. The summed E-state index contributed by atoms with van der Waals surface area (Å²) < 4.78 is 0. The number of aromatic nitrogens is 1. The van der Waals surface area contributed by atoms with E-state index in [9.17, 15) is 0 Å². The zero-order valence-corrected chi connectivity index (χ0v) is 11.1. The zero-order valence-electron chi connectivity index (χ0n) is 11.1. The predicted molar refractivity (Wildman–Crippen MR) is 76.1 cm³/mol. The Morgan fingerprint density at radius 2 is 1.89 bits per heavy atom. The van der Waals surface area contributed by atoms with Crippen LogP contribution in [0.15, 0.2) is 36.4 Å². The highest BCUT2D eigenvalue weighted by molar-refractivity contribution is 5.63. The maximum atomic E-state index is 5.71. The van der Waals surface area contributed by atoms with Crippen molar-refractivity contribution < 1.29 is 0 Å². The normalized spacial score (nSPS) is 10.4. The first kappa shape index (κ1) is 12.6. The first-order valence-electron chi connectivity index (χ1n) is 6.09. The van der Waals surface area contributed by atoms with Gasteiger partial charge in [0.2, 0.25) is 0 Å². The van der Waals surface area contributed by atoms with Gasteiger partial charge in [0.1, 0.15) is 5.82 Å². The molecule has 0 atom stereocenters. The van der Waals surface area contributed by atoms with Gasteiger partial charge in [0, 0.05) is 25.0 Å². The topological polar surface area (TPSA) is 42.1 Å². The fourth-order valence-electron chi connectivity index (χ4n) is 2.07. The van der Waals surface area contributed by atoms with E-state index in [1.54, 1.807) is 0 Å². The van der Waals surface area contributed by atoms with E-state index in [2.05, 4.69) is 28.9 Å². The van der Waals surface area contributed by atoms with Gasteiger partial charge in [0.25, 0.3) is 0 Å². The molecule has 2 rings (SSSR count). The lowest BCUT2D eigenvalue weighted by Crippen LogP contribution is -2.13. The summed E-state index contributed by atoms with van der Waals surface area (Å²) >= 11 is 0. The van der Waals surface area contributed by atoms with Gasteiger partial charge >= 0.3 is 0 Å². The third kappa shape index (κ3) is 2.51. The second-order valence-corrected chi connectivity index (χ2v) is 4.52. The average molecular weight is 241 g/mol. The lowest BCUT2D eigenvalue weighted by atomic mass is 10.1. The molecule has 3 heteroatoms. The number of benzene rings is 1. The molecule has 0 unspecified atom stereocenters. The minimum absolute atomic E-state index is 0.540. The van der Waals surface area contributed by atoms with Crippen molar-refractivity contribution in [2.75, 3.05) is 11.9 Å². The highest BCUT2D eigenvalue weighted by Gasteiger charge is 2.08. The molecule has 1 heterocycles. The number of nitrogens with zero attached hydrogens (tertiary/aromatic N) is 2. The van der Waals surface area contributed by atoms with Crippen LogP contribution in [0, 0.1) is 13.8 Å². The third-order valence-corrected chi connectivity index (χ3v) is 3.06. The minimum Gasteiger partial charge on any atom is -0.329 e. The zero-order chi connectivity index (χ0) is 13.1. The number of rotatable bonds is 3. The number of hydrogen-bond donors (Lipinski definition) is 1. The molecular weight excluding hydrogens is 222 g/mol. The van der Waals surface area contributed by atoms with Gasteiger partial charge in [-0.15, -0.1) is 0 Å². The van der Waals surface area contributed by atoms with E-state index in [1.165, 1.54) is 11.3 Å². The molecule has 94 valence electrons. The van der Waals surface area contributed by atoms with Crippen LogP contribution in [0.25, 0.3) is 0 Å². The van der Waals surface area contributed by atoms with Crippen molar-refractivity contribution in [1.29, 1.82) is 0 Å². The summed E-state index contributed by atoms with van der Waals surface area (Å²) in [6, 6.07) is 12.3. The molecule has 0 spiro atoms. The highest BCUT2D eigenvalue weighted by Crippen LogP contribution is 2.25. The van der Waals surface area contributed by atoms with Crippen LogP contribution in [-0.2, 0) is 6.54 Å². The van der Waals surface area contributed by atoms with Crippen molar-refractivity contribution in [3.05, 3.63) is 53.2 Å².